The summed E-state index contributed by atoms with van der Waals surface area (Å²) in [5, 5.41) is 3.95. The minimum atomic E-state index is -0.0461. The van der Waals surface area contributed by atoms with Gasteiger partial charge in [-0.1, -0.05) is 18.5 Å². The SMILES string of the molecule is CCNC1CCCN(c2ccc(Cl)cc2I)C1=O. The molecule has 3 nitrogen and oxygen atoms in total. The minimum Gasteiger partial charge on any atom is -0.310 e. The van der Waals surface area contributed by atoms with Crippen LogP contribution >= 0.6 is 34.2 Å². The van der Waals surface area contributed by atoms with E-state index in [0.29, 0.717) is 5.02 Å². The van der Waals surface area contributed by atoms with Crippen LogP contribution in [0, 0.1) is 3.57 Å². The van der Waals surface area contributed by atoms with Crippen LogP contribution in [0.3, 0.4) is 0 Å². The van der Waals surface area contributed by atoms with Gasteiger partial charge in [-0.2, -0.15) is 0 Å². The number of likely N-dealkylation sites (N-methyl/N-ethyl adjacent to an activating group) is 1. The molecule has 1 aliphatic rings. The Morgan fingerprint density at radius 3 is 3.00 bits per heavy atom. The third-order valence-corrected chi connectivity index (χ3v) is 4.19. The standard InChI is InChI=1S/C13H16ClIN2O/c1-2-16-11-4-3-7-17(13(11)18)12-6-5-9(14)8-10(12)15/h5-6,8,11,16H,2-4,7H2,1H3. The van der Waals surface area contributed by atoms with Crippen LogP contribution in [0.15, 0.2) is 18.2 Å². The molecule has 1 heterocycles. The average Bonchev–Trinajstić information content (AvgIpc) is 2.33. The number of carbonyl (C=O) groups is 1. The highest BCUT2D eigenvalue weighted by Gasteiger charge is 2.29. The van der Waals surface area contributed by atoms with Gasteiger partial charge < -0.3 is 10.2 Å². The molecule has 1 amide bonds. The molecular weight excluding hydrogens is 363 g/mol. The molecule has 1 unspecified atom stereocenters. The number of hydrogen-bond acceptors (Lipinski definition) is 2. The van der Waals surface area contributed by atoms with Gasteiger partial charge in [-0.15, -0.1) is 0 Å². The van der Waals surface area contributed by atoms with Gasteiger partial charge in [0.15, 0.2) is 0 Å². The summed E-state index contributed by atoms with van der Waals surface area (Å²) in [4.78, 5) is 14.3. The van der Waals surface area contributed by atoms with E-state index in [9.17, 15) is 4.79 Å². The summed E-state index contributed by atoms with van der Waals surface area (Å²) < 4.78 is 1.02. The van der Waals surface area contributed by atoms with E-state index in [1.54, 1.807) is 0 Å². The first-order valence-corrected chi connectivity index (χ1v) is 7.59. The number of nitrogens with one attached hydrogen (secondary N) is 1. The van der Waals surface area contributed by atoms with E-state index < -0.39 is 0 Å². The van der Waals surface area contributed by atoms with Gasteiger partial charge in [-0.3, -0.25) is 4.79 Å². The van der Waals surface area contributed by atoms with Crippen molar-refractivity contribution in [2.24, 2.45) is 0 Å². The summed E-state index contributed by atoms with van der Waals surface area (Å²) in [6.07, 6.45) is 1.95. The van der Waals surface area contributed by atoms with E-state index in [1.807, 2.05) is 30.0 Å². The first-order chi connectivity index (χ1) is 8.63. The Hall–Kier alpha value is -0.330. The lowest BCUT2D eigenvalue weighted by Gasteiger charge is -2.33. The van der Waals surface area contributed by atoms with Crippen LogP contribution in [-0.4, -0.2) is 25.0 Å². The van der Waals surface area contributed by atoms with Crippen molar-refractivity contribution in [3.8, 4) is 0 Å². The number of hydrogen-bond donors (Lipinski definition) is 1. The molecule has 0 saturated carbocycles. The minimum absolute atomic E-state index is 0.0461. The maximum Gasteiger partial charge on any atom is 0.244 e. The van der Waals surface area contributed by atoms with E-state index >= 15 is 0 Å². The van der Waals surface area contributed by atoms with E-state index in [0.717, 1.165) is 35.2 Å². The van der Waals surface area contributed by atoms with Crippen molar-refractivity contribution >= 4 is 45.8 Å². The molecule has 1 aromatic rings. The van der Waals surface area contributed by atoms with Crippen LogP contribution in [0.2, 0.25) is 5.02 Å². The maximum absolute atomic E-state index is 12.4. The number of amides is 1. The molecule has 2 rings (SSSR count). The summed E-state index contributed by atoms with van der Waals surface area (Å²) in [6, 6.07) is 5.61. The zero-order valence-corrected chi connectivity index (χ0v) is 13.2. The molecule has 98 valence electrons. The van der Waals surface area contributed by atoms with Gasteiger partial charge >= 0.3 is 0 Å². The molecule has 0 radical (unpaired) electrons. The summed E-state index contributed by atoms with van der Waals surface area (Å²) >= 11 is 8.18. The lowest BCUT2D eigenvalue weighted by molar-refractivity contribution is -0.121. The molecule has 1 aromatic carbocycles. The smallest absolute Gasteiger partial charge is 0.244 e. The van der Waals surface area contributed by atoms with E-state index in [4.69, 9.17) is 11.6 Å². The van der Waals surface area contributed by atoms with Crippen LogP contribution in [0.5, 0.6) is 0 Å². The Morgan fingerprint density at radius 2 is 2.33 bits per heavy atom. The van der Waals surface area contributed by atoms with Gasteiger partial charge in [0.25, 0.3) is 0 Å². The monoisotopic (exact) mass is 378 g/mol. The molecule has 1 saturated heterocycles. The Balaban J connectivity index is 2.24. The van der Waals surface area contributed by atoms with E-state index in [1.165, 1.54) is 0 Å². The average molecular weight is 379 g/mol. The highest BCUT2D eigenvalue weighted by atomic mass is 127. The summed E-state index contributed by atoms with van der Waals surface area (Å²) in [5.41, 5.74) is 0.965. The summed E-state index contributed by atoms with van der Waals surface area (Å²) in [6.45, 7) is 3.64. The van der Waals surface area contributed by atoms with Crippen molar-refractivity contribution < 1.29 is 4.79 Å². The van der Waals surface area contributed by atoms with Gasteiger partial charge in [0.1, 0.15) is 0 Å². The third kappa shape index (κ3) is 2.97. The molecule has 1 fully saturated rings. The Bertz CT molecular complexity index is 451. The van der Waals surface area contributed by atoms with E-state index in [-0.39, 0.29) is 11.9 Å². The third-order valence-electron chi connectivity index (χ3n) is 3.09. The Morgan fingerprint density at radius 1 is 1.56 bits per heavy atom. The largest absolute Gasteiger partial charge is 0.310 e. The molecule has 1 atom stereocenters. The number of piperidine rings is 1. The summed E-state index contributed by atoms with van der Waals surface area (Å²) in [5.74, 6) is 0.170. The molecule has 0 aromatic heterocycles. The molecule has 18 heavy (non-hydrogen) atoms. The predicted octanol–water partition coefficient (Wildman–Crippen LogP) is 3.05. The van der Waals surface area contributed by atoms with Crippen molar-refractivity contribution in [3.05, 3.63) is 26.8 Å². The molecule has 0 spiro atoms. The van der Waals surface area contributed by atoms with Gasteiger partial charge in [0.2, 0.25) is 5.91 Å². The summed E-state index contributed by atoms with van der Waals surface area (Å²) in [7, 11) is 0. The van der Waals surface area contributed by atoms with Crippen LogP contribution in [0.25, 0.3) is 0 Å². The van der Waals surface area contributed by atoms with Crippen LogP contribution in [-0.2, 0) is 4.79 Å². The first kappa shape index (κ1) is 14.1. The zero-order chi connectivity index (χ0) is 13.1. The molecule has 0 bridgehead atoms. The van der Waals surface area contributed by atoms with Crippen LogP contribution < -0.4 is 10.2 Å². The van der Waals surface area contributed by atoms with Crippen molar-refractivity contribution in [2.45, 2.75) is 25.8 Å². The lowest BCUT2D eigenvalue weighted by atomic mass is 10.0. The fourth-order valence-corrected chi connectivity index (χ4v) is 3.41. The number of carbonyl (C=O) groups excluding carboxylic acids is 1. The van der Waals surface area contributed by atoms with Crippen molar-refractivity contribution in [2.75, 3.05) is 18.0 Å². The second kappa shape index (κ2) is 6.21. The quantitative estimate of drug-likeness (QED) is 0.820. The van der Waals surface area contributed by atoms with Gasteiger partial charge in [-0.25, -0.2) is 0 Å². The van der Waals surface area contributed by atoms with E-state index in [2.05, 4.69) is 27.9 Å². The molecule has 1 N–H and O–H groups in total. The van der Waals surface area contributed by atoms with Gasteiger partial charge in [-0.05, 0) is 60.2 Å². The molecular formula is C13H16ClIN2O. The number of halogens is 2. The lowest BCUT2D eigenvalue weighted by Crippen LogP contribution is -2.51. The van der Waals surface area contributed by atoms with Gasteiger partial charge in [0.05, 0.1) is 11.7 Å². The van der Waals surface area contributed by atoms with Crippen molar-refractivity contribution in [1.29, 1.82) is 0 Å². The maximum atomic E-state index is 12.4. The Labute approximate surface area is 126 Å². The second-order valence-corrected chi connectivity index (χ2v) is 5.94. The topological polar surface area (TPSA) is 32.3 Å². The highest BCUT2D eigenvalue weighted by molar-refractivity contribution is 14.1. The number of benzene rings is 1. The van der Waals surface area contributed by atoms with Crippen molar-refractivity contribution in [3.63, 3.8) is 0 Å². The number of nitrogens with zero attached hydrogens (tertiary/aromatic N) is 1. The van der Waals surface area contributed by atoms with Crippen LogP contribution in [0.1, 0.15) is 19.8 Å². The normalized spacial score (nSPS) is 20.3. The number of anilines is 1. The van der Waals surface area contributed by atoms with Crippen molar-refractivity contribution in [1.82, 2.24) is 5.32 Å². The fraction of sp³-hybridized carbons (Fsp3) is 0.462. The molecule has 0 aliphatic carbocycles. The Kier molecular flexibility index (Phi) is 4.86. The zero-order valence-electron chi connectivity index (χ0n) is 10.2. The van der Waals surface area contributed by atoms with Crippen LogP contribution in [0.4, 0.5) is 5.69 Å². The molecule has 5 heteroatoms. The predicted molar refractivity (Wildman–Crippen MR) is 83.2 cm³/mol. The fourth-order valence-electron chi connectivity index (χ4n) is 2.25. The first-order valence-electron chi connectivity index (χ1n) is 6.13. The molecule has 1 aliphatic heterocycles. The number of rotatable bonds is 3. The highest BCUT2D eigenvalue weighted by Crippen LogP contribution is 2.28. The second-order valence-electron chi connectivity index (χ2n) is 4.34. The van der Waals surface area contributed by atoms with Gasteiger partial charge in [0, 0.05) is 15.1 Å².